The van der Waals surface area contributed by atoms with Crippen molar-refractivity contribution in [1.82, 2.24) is 0 Å². The molecule has 0 heterocycles. The first-order valence-corrected chi connectivity index (χ1v) is 5.16. The van der Waals surface area contributed by atoms with E-state index < -0.39 is 4.33 Å². The predicted octanol–water partition coefficient (Wildman–Crippen LogP) is 3.98. The van der Waals surface area contributed by atoms with Crippen LogP contribution in [0.3, 0.4) is 0 Å². The van der Waals surface area contributed by atoms with Crippen molar-refractivity contribution < 1.29 is 0 Å². The SMILES string of the molecule is CC1(C)C(c2ccccc2)C1(Cl)Cl. The highest BCUT2D eigenvalue weighted by Crippen LogP contribution is 2.73. The molecule has 70 valence electrons. The zero-order valence-corrected chi connectivity index (χ0v) is 9.23. The summed E-state index contributed by atoms with van der Waals surface area (Å²) >= 11 is 12.4. The Kier molecular flexibility index (Phi) is 1.91. The van der Waals surface area contributed by atoms with Crippen LogP contribution in [0.5, 0.6) is 0 Å². The second-order valence-corrected chi connectivity index (χ2v) is 5.57. The maximum absolute atomic E-state index is 6.20. The Labute approximate surface area is 88.9 Å². The molecule has 1 aromatic rings. The quantitative estimate of drug-likeness (QED) is 0.621. The summed E-state index contributed by atoms with van der Waals surface area (Å²) in [5, 5.41) is 0. The second-order valence-electron chi connectivity index (χ2n) is 4.19. The number of halogens is 2. The highest BCUT2D eigenvalue weighted by molar-refractivity contribution is 6.52. The molecule has 13 heavy (non-hydrogen) atoms. The Morgan fingerprint density at radius 1 is 1.08 bits per heavy atom. The van der Waals surface area contributed by atoms with Gasteiger partial charge in [-0.3, -0.25) is 0 Å². The lowest BCUT2D eigenvalue weighted by Crippen LogP contribution is -1.96. The van der Waals surface area contributed by atoms with Crippen molar-refractivity contribution in [3.8, 4) is 0 Å². The zero-order chi connectivity index (χ0) is 9.69. The Hall–Kier alpha value is -0.200. The van der Waals surface area contributed by atoms with Crippen LogP contribution in [0.25, 0.3) is 0 Å². The van der Waals surface area contributed by atoms with Crippen molar-refractivity contribution in [2.45, 2.75) is 24.1 Å². The predicted molar refractivity (Wildman–Crippen MR) is 57.4 cm³/mol. The third-order valence-corrected chi connectivity index (χ3v) is 4.40. The number of rotatable bonds is 1. The van der Waals surface area contributed by atoms with E-state index in [1.54, 1.807) is 0 Å². The molecule has 1 aromatic carbocycles. The molecular formula is C11H12Cl2. The third-order valence-electron chi connectivity index (χ3n) is 2.99. The Morgan fingerprint density at radius 3 is 1.92 bits per heavy atom. The first-order valence-electron chi connectivity index (χ1n) is 4.40. The molecule has 0 radical (unpaired) electrons. The molecule has 2 rings (SSSR count). The molecule has 0 saturated heterocycles. The molecule has 0 bridgehead atoms. The van der Waals surface area contributed by atoms with E-state index in [1.165, 1.54) is 5.56 Å². The van der Waals surface area contributed by atoms with Crippen molar-refractivity contribution >= 4 is 23.2 Å². The fourth-order valence-electron chi connectivity index (χ4n) is 1.93. The average Bonchev–Trinajstić information content (AvgIpc) is 2.44. The molecular weight excluding hydrogens is 203 g/mol. The van der Waals surface area contributed by atoms with Gasteiger partial charge in [-0.1, -0.05) is 44.2 Å². The summed E-state index contributed by atoms with van der Waals surface area (Å²) in [7, 11) is 0. The van der Waals surface area contributed by atoms with Crippen molar-refractivity contribution in [2.75, 3.05) is 0 Å². The van der Waals surface area contributed by atoms with Gasteiger partial charge in [-0.2, -0.15) is 0 Å². The molecule has 1 atom stereocenters. The van der Waals surface area contributed by atoms with Gasteiger partial charge < -0.3 is 0 Å². The van der Waals surface area contributed by atoms with Gasteiger partial charge >= 0.3 is 0 Å². The molecule has 1 saturated carbocycles. The summed E-state index contributed by atoms with van der Waals surface area (Å²) < 4.78 is -0.589. The van der Waals surface area contributed by atoms with Gasteiger partial charge in [0.15, 0.2) is 0 Å². The largest absolute Gasteiger partial charge is 0.131 e. The van der Waals surface area contributed by atoms with E-state index in [0.29, 0.717) is 0 Å². The Morgan fingerprint density at radius 2 is 1.54 bits per heavy atom. The molecule has 0 spiro atoms. The minimum Gasteiger partial charge on any atom is -0.100 e. The van der Waals surface area contributed by atoms with Crippen LogP contribution in [0.4, 0.5) is 0 Å². The number of hydrogen-bond donors (Lipinski definition) is 0. The lowest BCUT2D eigenvalue weighted by molar-refractivity contribution is 0.614. The van der Waals surface area contributed by atoms with Crippen LogP contribution in [0.1, 0.15) is 25.3 Å². The maximum atomic E-state index is 6.20. The fraction of sp³-hybridized carbons (Fsp3) is 0.455. The summed E-state index contributed by atoms with van der Waals surface area (Å²) in [5.74, 6) is 0.268. The van der Waals surface area contributed by atoms with Gasteiger partial charge in [0.1, 0.15) is 4.33 Å². The molecule has 1 aliphatic rings. The highest BCUT2D eigenvalue weighted by Gasteiger charge is 2.70. The number of hydrogen-bond acceptors (Lipinski definition) is 0. The first kappa shape index (κ1) is 9.36. The van der Waals surface area contributed by atoms with Gasteiger partial charge in [0.25, 0.3) is 0 Å². The summed E-state index contributed by atoms with van der Waals surface area (Å²) in [6, 6.07) is 10.2. The van der Waals surface area contributed by atoms with Gasteiger partial charge in [0, 0.05) is 11.3 Å². The molecule has 1 unspecified atom stereocenters. The minimum atomic E-state index is -0.589. The molecule has 0 aliphatic heterocycles. The van der Waals surface area contributed by atoms with Crippen LogP contribution in [-0.2, 0) is 0 Å². The summed E-state index contributed by atoms with van der Waals surface area (Å²) in [4.78, 5) is 0. The lowest BCUT2D eigenvalue weighted by atomic mass is 10.0. The molecule has 1 aliphatic carbocycles. The topological polar surface area (TPSA) is 0 Å². The van der Waals surface area contributed by atoms with Crippen LogP contribution in [0.2, 0.25) is 0 Å². The molecule has 0 N–H and O–H groups in total. The van der Waals surface area contributed by atoms with Gasteiger partial charge in [0.05, 0.1) is 0 Å². The summed E-state index contributed by atoms with van der Waals surface area (Å²) in [6.07, 6.45) is 0. The van der Waals surface area contributed by atoms with Gasteiger partial charge in [-0.25, -0.2) is 0 Å². The number of benzene rings is 1. The van der Waals surface area contributed by atoms with E-state index in [4.69, 9.17) is 23.2 Å². The Balaban J connectivity index is 2.33. The zero-order valence-electron chi connectivity index (χ0n) is 7.72. The summed E-state index contributed by atoms with van der Waals surface area (Å²) in [5.41, 5.74) is 1.23. The van der Waals surface area contributed by atoms with E-state index in [0.717, 1.165) is 0 Å². The molecule has 1 fully saturated rings. The standard InChI is InChI=1S/C11H12Cl2/c1-10(2)9(11(10,12)13)8-6-4-3-5-7-8/h3-7,9H,1-2H3. The molecule has 0 amide bonds. The highest BCUT2D eigenvalue weighted by atomic mass is 35.5. The van der Waals surface area contributed by atoms with Crippen LogP contribution < -0.4 is 0 Å². The van der Waals surface area contributed by atoms with Crippen molar-refractivity contribution in [2.24, 2.45) is 5.41 Å². The molecule has 0 nitrogen and oxygen atoms in total. The van der Waals surface area contributed by atoms with E-state index in [9.17, 15) is 0 Å². The van der Waals surface area contributed by atoms with Crippen molar-refractivity contribution in [3.05, 3.63) is 35.9 Å². The van der Waals surface area contributed by atoms with E-state index >= 15 is 0 Å². The van der Waals surface area contributed by atoms with E-state index in [1.807, 2.05) is 18.2 Å². The van der Waals surface area contributed by atoms with Crippen molar-refractivity contribution in [1.29, 1.82) is 0 Å². The normalized spacial score (nSPS) is 28.5. The summed E-state index contributed by atoms with van der Waals surface area (Å²) in [6.45, 7) is 4.20. The molecule has 2 heteroatoms. The second kappa shape index (κ2) is 2.65. The first-order chi connectivity index (χ1) is 5.98. The van der Waals surface area contributed by atoms with E-state index in [2.05, 4.69) is 26.0 Å². The lowest BCUT2D eigenvalue weighted by Gasteiger charge is -2.00. The Bertz CT molecular complexity index is 300. The van der Waals surface area contributed by atoms with E-state index in [-0.39, 0.29) is 11.3 Å². The van der Waals surface area contributed by atoms with Crippen LogP contribution in [-0.4, -0.2) is 4.33 Å². The minimum absolute atomic E-state index is 0.00252. The monoisotopic (exact) mass is 214 g/mol. The fourth-order valence-corrected chi connectivity index (χ4v) is 2.84. The third kappa shape index (κ3) is 1.19. The molecule has 0 aromatic heterocycles. The van der Waals surface area contributed by atoms with Crippen LogP contribution >= 0.6 is 23.2 Å². The van der Waals surface area contributed by atoms with Gasteiger partial charge in [-0.05, 0) is 5.56 Å². The van der Waals surface area contributed by atoms with Crippen molar-refractivity contribution in [3.63, 3.8) is 0 Å². The van der Waals surface area contributed by atoms with Gasteiger partial charge in [-0.15, -0.1) is 23.2 Å². The smallest absolute Gasteiger partial charge is 0.100 e. The van der Waals surface area contributed by atoms with Gasteiger partial charge in [0.2, 0.25) is 0 Å². The number of alkyl halides is 2. The van der Waals surface area contributed by atoms with Crippen LogP contribution in [0, 0.1) is 5.41 Å². The average molecular weight is 215 g/mol. The van der Waals surface area contributed by atoms with Crippen LogP contribution in [0.15, 0.2) is 30.3 Å². The maximum Gasteiger partial charge on any atom is 0.131 e.